The van der Waals surface area contributed by atoms with Gasteiger partial charge in [0.25, 0.3) is 0 Å². The molecule has 1 heterocycles. The highest BCUT2D eigenvalue weighted by Crippen LogP contribution is 2.61. The molecule has 0 aromatic carbocycles. The molecule has 5 rings (SSSR count). The van der Waals surface area contributed by atoms with Crippen molar-refractivity contribution in [2.75, 3.05) is 0 Å². The molecule has 4 heteroatoms. The second-order valence-corrected chi connectivity index (χ2v) is 8.05. The molecule has 100 valence electrons. The Morgan fingerprint density at radius 3 is 2.05 bits per heavy atom. The summed E-state index contributed by atoms with van der Waals surface area (Å²) in [5, 5.41) is 0.854. The molecule has 1 aromatic heterocycles. The lowest BCUT2D eigenvalue weighted by Gasteiger charge is -2.56. The average molecular weight is 274 g/mol. The zero-order valence-corrected chi connectivity index (χ0v) is 11.7. The van der Waals surface area contributed by atoms with Crippen LogP contribution in [-0.4, -0.2) is 21.0 Å². The van der Waals surface area contributed by atoms with E-state index in [0.29, 0.717) is 10.3 Å². The van der Waals surface area contributed by atoms with Crippen molar-refractivity contribution in [1.29, 1.82) is 0 Å². The lowest BCUT2D eigenvalue weighted by atomic mass is 9.56. The molecule has 0 atom stereocenters. The largest absolute Gasteiger partial charge is 0.298 e. The number of rotatable bonds is 3. The Labute approximate surface area is 117 Å². The molecule has 0 spiro atoms. The number of aldehydes is 1. The fourth-order valence-electron chi connectivity index (χ4n) is 4.79. The van der Waals surface area contributed by atoms with Gasteiger partial charge in [0.05, 0.1) is 5.56 Å². The minimum Gasteiger partial charge on any atom is -0.298 e. The maximum atomic E-state index is 10.6. The van der Waals surface area contributed by atoms with Gasteiger partial charge in [-0.3, -0.25) is 4.79 Å². The summed E-state index contributed by atoms with van der Waals surface area (Å²) in [5.74, 6) is 2.86. The molecule has 1 aromatic rings. The minimum atomic E-state index is 0.400. The van der Waals surface area contributed by atoms with Crippen LogP contribution in [0, 0.1) is 17.8 Å². The fraction of sp³-hybridized carbons (Fsp3) is 0.667. The Hall–Kier alpha value is -0.900. The van der Waals surface area contributed by atoms with Crippen molar-refractivity contribution in [2.45, 2.75) is 48.4 Å². The van der Waals surface area contributed by atoms with Crippen molar-refractivity contribution >= 4 is 18.0 Å². The average Bonchev–Trinajstić information content (AvgIpc) is 2.37. The second kappa shape index (κ2) is 4.30. The van der Waals surface area contributed by atoms with E-state index in [9.17, 15) is 4.79 Å². The first kappa shape index (κ1) is 11.9. The van der Waals surface area contributed by atoms with Crippen LogP contribution in [0.15, 0.2) is 17.6 Å². The molecule has 0 unspecified atom stereocenters. The van der Waals surface area contributed by atoms with E-state index < -0.39 is 0 Å². The van der Waals surface area contributed by atoms with E-state index in [1.54, 1.807) is 12.4 Å². The van der Waals surface area contributed by atoms with Gasteiger partial charge in [0.2, 0.25) is 0 Å². The standard InChI is InChI=1S/C15H18N2OS/c18-9-13-7-16-14(17-8-13)19-15-4-10-1-11(5-15)3-12(2-10)6-15/h7-12H,1-6H2. The van der Waals surface area contributed by atoms with Gasteiger partial charge in [0.1, 0.15) is 0 Å². The van der Waals surface area contributed by atoms with Gasteiger partial charge in [-0.1, -0.05) is 11.8 Å². The highest BCUT2D eigenvalue weighted by atomic mass is 32.2. The highest BCUT2D eigenvalue weighted by Gasteiger charge is 2.51. The molecule has 4 bridgehead atoms. The van der Waals surface area contributed by atoms with Crippen LogP contribution in [-0.2, 0) is 0 Å². The first-order valence-electron chi connectivity index (χ1n) is 7.21. The third kappa shape index (κ3) is 2.10. The summed E-state index contributed by atoms with van der Waals surface area (Å²) in [7, 11) is 0. The summed E-state index contributed by atoms with van der Waals surface area (Å²) in [6, 6.07) is 0. The quantitative estimate of drug-likeness (QED) is 0.626. The summed E-state index contributed by atoms with van der Waals surface area (Å²) in [6.45, 7) is 0. The molecular formula is C15H18N2OS. The van der Waals surface area contributed by atoms with Crippen LogP contribution in [0.4, 0.5) is 0 Å². The predicted octanol–water partition coefficient (Wildman–Crippen LogP) is 3.35. The van der Waals surface area contributed by atoms with Crippen LogP contribution in [0.3, 0.4) is 0 Å². The van der Waals surface area contributed by atoms with E-state index >= 15 is 0 Å². The number of aromatic nitrogens is 2. The van der Waals surface area contributed by atoms with Gasteiger partial charge in [-0.15, -0.1) is 0 Å². The third-order valence-corrected chi connectivity index (χ3v) is 6.40. The van der Waals surface area contributed by atoms with Gasteiger partial charge in [-0.2, -0.15) is 0 Å². The molecule has 4 fully saturated rings. The maximum Gasteiger partial charge on any atom is 0.188 e. The van der Waals surface area contributed by atoms with Crippen molar-refractivity contribution in [3.8, 4) is 0 Å². The van der Waals surface area contributed by atoms with E-state index in [0.717, 1.165) is 29.2 Å². The van der Waals surface area contributed by atoms with Gasteiger partial charge >= 0.3 is 0 Å². The van der Waals surface area contributed by atoms with E-state index in [1.807, 2.05) is 11.8 Å². The van der Waals surface area contributed by atoms with Gasteiger partial charge in [-0.25, -0.2) is 9.97 Å². The fourth-order valence-corrected chi connectivity index (χ4v) is 6.34. The molecule has 0 aliphatic heterocycles. The number of nitrogens with zero attached hydrogens (tertiary/aromatic N) is 2. The van der Waals surface area contributed by atoms with Gasteiger partial charge in [-0.05, 0) is 56.3 Å². The smallest absolute Gasteiger partial charge is 0.188 e. The zero-order chi connectivity index (χ0) is 12.9. The molecular weight excluding hydrogens is 256 g/mol. The Balaban J connectivity index is 1.56. The SMILES string of the molecule is O=Cc1cnc(SC23CC4CC(CC(C4)C2)C3)nc1. The molecule has 3 nitrogen and oxygen atoms in total. The topological polar surface area (TPSA) is 42.9 Å². The van der Waals surface area contributed by atoms with E-state index in [1.165, 1.54) is 38.5 Å². The minimum absolute atomic E-state index is 0.400. The Morgan fingerprint density at radius 2 is 1.58 bits per heavy atom. The summed E-state index contributed by atoms with van der Waals surface area (Å²) in [5.41, 5.74) is 0.565. The van der Waals surface area contributed by atoms with E-state index in [2.05, 4.69) is 9.97 Å². The number of hydrogen-bond donors (Lipinski definition) is 0. The molecule has 19 heavy (non-hydrogen) atoms. The van der Waals surface area contributed by atoms with Crippen molar-refractivity contribution in [2.24, 2.45) is 17.8 Å². The number of carbonyl (C=O) groups is 1. The number of hydrogen-bond acceptors (Lipinski definition) is 4. The van der Waals surface area contributed by atoms with Gasteiger partial charge in [0.15, 0.2) is 11.4 Å². The zero-order valence-electron chi connectivity index (χ0n) is 10.9. The monoisotopic (exact) mass is 274 g/mol. The number of carbonyl (C=O) groups excluding carboxylic acids is 1. The van der Waals surface area contributed by atoms with Crippen LogP contribution in [0.5, 0.6) is 0 Å². The van der Waals surface area contributed by atoms with Crippen LogP contribution >= 0.6 is 11.8 Å². The second-order valence-electron chi connectivity index (χ2n) is 6.62. The Morgan fingerprint density at radius 1 is 1.05 bits per heavy atom. The van der Waals surface area contributed by atoms with Crippen LogP contribution in [0.25, 0.3) is 0 Å². The van der Waals surface area contributed by atoms with Gasteiger partial charge in [0, 0.05) is 17.1 Å². The van der Waals surface area contributed by atoms with E-state index in [-0.39, 0.29) is 0 Å². The molecule has 0 N–H and O–H groups in total. The first-order chi connectivity index (χ1) is 9.25. The Bertz CT molecular complexity index is 464. The summed E-state index contributed by atoms with van der Waals surface area (Å²) in [6.07, 6.45) is 12.5. The predicted molar refractivity (Wildman–Crippen MR) is 74.2 cm³/mol. The Kier molecular flexibility index (Phi) is 2.69. The van der Waals surface area contributed by atoms with Crippen molar-refractivity contribution < 1.29 is 4.79 Å². The van der Waals surface area contributed by atoms with Gasteiger partial charge < -0.3 is 0 Å². The summed E-state index contributed by atoms with van der Waals surface area (Å²) < 4.78 is 0.400. The van der Waals surface area contributed by atoms with Crippen LogP contribution in [0.2, 0.25) is 0 Å². The van der Waals surface area contributed by atoms with Crippen molar-refractivity contribution in [1.82, 2.24) is 9.97 Å². The highest BCUT2D eigenvalue weighted by molar-refractivity contribution is 8.00. The first-order valence-corrected chi connectivity index (χ1v) is 8.02. The van der Waals surface area contributed by atoms with Crippen molar-refractivity contribution in [3.05, 3.63) is 18.0 Å². The molecule has 4 saturated carbocycles. The molecule has 4 aliphatic rings. The molecule has 4 aliphatic carbocycles. The van der Waals surface area contributed by atoms with Crippen LogP contribution in [0.1, 0.15) is 48.9 Å². The lowest BCUT2D eigenvalue weighted by molar-refractivity contribution is 0.0382. The van der Waals surface area contributed by atoms with Crippen LogP contribution < -0.4 is 0 Å². The number of thioether (sulfide) groups is 1. The van der Waals surface area contributed by atoms with Crippen molar-refractivity contribution in [3.63, 3.8) is 0 Å². The summed E-state index contributed by atoms with van der Waals surface area (Å²) in [4.78, 5) is 19.3. The molecule has 0 amide bonds. The third-order valence-electron chi connectivity index (χ3n) is 5.07. The van der Waals surface area contributed by atoms with E-state index in [4.69, 9.17) is 0 Å². The summed E-state index contributed by atoms with van der Waals surface area (Å²) >= 11 is 1.88. The molecule has 0 saturated heterocycles. The lowest BCUT2D eigenvalue weighted by Crippen LogP contribution is -2.48. The normalized spacial score (nSPS) is 39.5. The maximum absolute atomic E-state index is 10.6. The molecule has 0 radical (unpaired) electrons.